The zero-order chi connectivity index (χ0) is 23.7. The fraction of sp³-hybridized carbons (Fsp3) is 0.462. The molecular formula is C26H29N3O5. The van der Waals surface area contributed by atoms with Crippen LogP contribution in [0.5, 0.6) is 11.6 Å². The summed E-state index contributed by atoms with van der Waals surface area (Å²) in [6.45, 7) is 3.51. The van der Waals surface area contributed by atoms with Crippen molar-refractivity contribution >= 4 is 23.3 Å². The Labute approximate surface area is 198 Å². The molecule has 5 rings (SSSR count). The molecular weight excluding hydrogens is 434 g/mol. The van der Waals surface area contributed by atoms with Crippen molar-refractivity contribution in [1.82, 2.24) is 9.88 Å². The molecule has 1 aromatic heterocycles. The lowest BCUT2D eigenvalue weighted by molar-refractivity contribution is -0.123. The van der Waals surface area contributed by atoms with Crippen molar-refractivity contribution in [2.45, 2.75) is 51.7 Å². The molecule has 1 aromatic carbocycles. The maximum Gasteiger partial charge on any atom is 0.268 e. The third-order valence-electron chi connectivity index (χ3n) is 6.66. The topological polar surface area (TPSA) is 89.0 Å². The minimum atomic E-state index is -0.605. The van der Waals surface area contributed by atoms with Gasteiger partial charge in [-0.3, -0.25) is 14.4 Å². The van der Waals surface area contributed by atoms with E-state index in [1.165, 1.54) is 12.8 Å². The first-order chi connectivity index (χ1) is 16.5. The normalized spacial score (nSPS) is 19.5. The number of Topliss-reactive ketones (excluding diaryl/α,β-unsaturated/α-hetero) is 1. The van der Waals surface area contributed by atoms with Gasteiger partial charge in [0.15, 0.2) is 11.9 Å². The Bertz CT molecular complexity index is 1100. The average molecular weight is 464 g/mol. The number of nitrogens with zero attached hydrogens (tertiary/aromatic N) is 3. The summed E-state index contributed by atoms with van der Waals surface area (Å²) in [6, 6.07) is 9.01. The number of carbonyl (C=O) groups excluding carboxylic acids is 3. The van der Waals surface area contributed by atoms with Crippen molar-refractivity contribution < 1.29 is 23.9 Å². The Balaban J connectivity index is 1.19. The van der Waals surface area contributed by atoms with Gasteiger partial charge >= 0.3 is 0 Å². The Morgan fingerprint density at radius 1 is 1.15 bits per heavy atom. The SMILES string of the molecule is CCC(=O)CN1Cc2ccc(N3CC[C@@H](Oc4ccc(OCCC5CC5)nc4)C3=O)cc2C1=O. The second-order valence-corrected chi connectivity index (χ2v) is 9.19. The van der Waals surface area contributed by atoms with Crippen LogP contribution in [0.2, 0.25) is 0 Å². The number of carbonyl (C=O) groups is 3. The number of ketones is 1. The number of amides is 2. The number of ether oxygens (including phenoxy) is 2. The van der Waals surface area contributed by atoms with Gasteiger partial charge in [0, 0.05) is 43.2 Å². The van der Waals surface area contributed by atoms with Crippen LogP contribution in [0.1, 0.15) is 54.9 Å². The lowest BCUT2D eigenvalue weighted by Gasteiger charge is -2.18. The molecule has 1 saturated heterocycles. The van der Waals surface area contributed by atoms with Gasteiger partial charge in [0.1, 0.15) is 5.75 Å². The number of pyridine rings is 1. The van der Waals surface area contributed by atoms with E-state index in [4.69, 9.17) is 9.47 Å². The predicted molar refractivity (Wildman–Crippen MR) is 125 cm³/mol. The van der Waals surface area contributed by atoms with Gasteiger partial charge in [-0.1, -0.05) is 25.8 Å². The molecule has 34 heavy (non-hydrogen) atoms. The summed E-state index contributed by atoms with van der Waals surface area (Å²) >= 11 is 0. The third kappa shape index (κ3) is 4.76. The van der Waals surface area contributed by atoms with Gasteiger partial charge in [0.25, 0.3) is 11.8 Å². The number of fused-ring (bicyclic) bond motifs is 1. The molecule has 178 valence electrons. The number of aromatic nitrogens is 1. The fourth-order valence-electron chi connectivity index (χ4n) is 4.41. The average Bonchev–Trinajstić information content (AvgIpc) is 3.54. The molecule has 0 unspecified atom stereocenters. The van der Waals surface area contributed by atoms with Crippen LogP contribution in [0.4, 0.5) is 5.69 Å². The summed E-state index contributed by atoms with van der Waals surface area (Å²) in [5.41, 5.74) is 2.10. The van der Waals surface area contributed by atoms with Crippen LogP contribution < -0.4 is 14.4 Å². The predicted octanol–water partition coefficient (Wildman–Crippen LogP) is 3.38. The van der Waals surface area contributed by atoms with Crippen LogP contribution in [0.3, 0.4) is 0 Å². The van der Waals surface area contributed by atoms with Gasteiger partial charge in [-0.25, -0.2) is 4.98 Å². The van der Waals surface area contributed by atoms with Crippen molar-refractivity contribution in [3.05, 3.63) is 47.7 Å². The Morgan fingerprint density at radius 3 is 2.74 bits per heavy atom. The van der Waals surface area contributed by atoms with Gasteiger partial charge in [0.05, 0.1) is 19.3 Å². The first kappa shape index (κ1) is 22.4. The first-order valence-electron chi connectivity index (χ1n) is 12.0. The Hall–Kier alpha value is -3.42. The zero-order valence-corrected chi connectivity index (χ0v) is 19.4. The highest BCUT2D eigenvalue weighted by molar-refractivity contribution is 6.03. The number of benzene rings is 1. The summed E-state index contributed by atoms with van der Waals surface area (Å²) in [4.78, 5) is 45.1. The number of anilines is 1. The molecule has 3 aliphatic rings. The Kier molecular flexibility index (Phi) is 6.22. The maximum absolute atomic E-state index is 13.0. The van der Waals surface area contributed by atoms with Crippen LogP contribution in [-0.4, -0.2) is 53.3 Å². The van der Waals surface area contributed by atoms with Crippen LogP contribution in [0.15, 0.2) is 36.5 Å². The molecule has 0 N–H and O–H groups in total. The van der Waals surface area contributed by atoms with E-state index in [9.17, 15) is 14.4 Å². The van der Waals surface area contributed by atoms with Gasteiger partial charge in [-0.15, -0.1) is 0 Å². The largest absolute Gasteiger partial charge is 0.479 e. The first-order valence-corrected chi connectivity index (χ1v) is 12.0. The van der Waals surface area contributed by atoms with Crippen LogP contribution in [-0.2, 0) is 16.1 Å². The van der Waals surface area contributed by atoms with E-state index in [1.807, 2.05) is 12.1 Å². The molecule has 1 saturated carbocycles. The molecule has 1 atom stereocenters. The molecule has 3 heterocycles. The fourth-order valence-corrected chi connectivity index (χ4v) is 4.41. The van der Waals surface area contributed by atoms with Crippen LogP contribution >= 0.6 is 0 Å². The molecule has 2 aliphatic heterocycles. The molecule has 2 fully saturated rings. The van der Waals surface area contributed by atoms with Crippen LogP contribution in [0.25, 0.3) is 0 Å². The summed E-state index contributed by atoms with van der Waals surface area (Å²) in [6.07, 6.45) is 5.59. The maximum atomic E-state index is 13.0. The molecule has 2 amide bonds. The molecule has 0 spiro atoms. The van der Waals surface area contributed by atoms with Gasteiger partial charge in [-0.05, 0) is 36.1 Å². The molecule has 8 nitrogen and oxygen atoms in total. The number of rotatable bonds is 10. The summed E-state index contributed by atoms with van der Waals surface area (Å²) in [7, 11) is 0. The van der Waals surface area contributed by atoms with E-state index in [-0.39, 0.29) is 24.1 Å². The minimum absolute atomic E-state index is 0.0310. The summed E-state index contributed by atoms with van der Waals surface area (Å²) in [5, 5.41) is 0. The van der Waals surface area contributed by atoms with Gasteiger partial charge < -0.3 is 19.3 Å². The molecule has 1 aliphatic carbocycles. The smallest absolute Gasteiger partial charge is 0.268 e. The van der Waals surface area contributed by atoms with Crippen molar-refractivity contribution in [3.8, 4) is 11.6 Å². The molecule has 8 heteroatoms. The van der Waals surface area contributed by atoms with Gasteiger partial charge in [0.2, 0.25) is 5.88 Å². The third-order valence-corrected chi connectivity index (χ3v) is 6.66. The van der Waals surface area contributed by atoms with E-state index >= 15 is 0 Å². The molecule has 2 aromatic rings. The van der Waals surface area contributed by atoms with Crippen LogP contribution in [0, 0.1) is 5.92 Å². The number of hydrogen-bond donors (Lipinski definition) is 0. The molecule has 0 bridgehead atoms. The monoisotopic (exact) mass is 463 g/mol. The number of hydrogen-bond acceptors (Lipinski definition) is 6. The minimum Gasteiger partial charge on any atom is -0.479 e. The van der Waals surface area contributed by atoms with Crippen molar-refractivity contribution in [3.63, 3.8) is 0 Å². The quantitative estimate of drug-likeness (QED) is 0.537. The second kappa shape index (κ2) is 9.44. The van der Waals surface area contributed by atoms with E-state index in [0.717, 1.165) is 17.9 Å². The van der Waals surface area contributed by atoms with Crippen molar-refractivity contribution in [2.75, 3.05) is 24.6 Å². The van der Waals surface area contributed by atoms with Crippen molar-refractivity contribution in [2.24, 2.45) is 5.92 Å². The Morgan fingerprint density at radius 2 is 2.00 bits per heavy atom. The lowest BCUT2D eigenvalue weighted by Crippen LogP contribution is -2.32. The van der Waals surface area contributed by atoms with E-state index in [2.05, 4.69) is 4.98 Å². The van der Waals surface area contributed by atoms with E-state index in [1.54, 1.807) is 41.1 Å². The highest BCUT2D eigenvalue weighted by atomic mass is 16.5. The highest BCUT2D eigenvalue weighted by Crippen LogP contribution is 2.33. The highest BCUT2D eigenvalue weighted by Gasteiger charge is 2.36. The van der Waals surface area contributed by atoms with Crippen molar-refractivity contribution in [1.29, 1.82) is 0 Å². The second-order valence-electron chi connectivity index (χ2n) is 9.19. The molecule has 0 radical (unpaired) electrons. The zero-order valence-electron chi connectivity index (χ0n) is 19.4. The summed E-state index contributed by atoms with van der Waals surface area (Å²) in [5.74, 6) is 1.62. The summed E-state index contributed by atoms with van der Waals surface area (Å²) < 4.78 is 11.6. The van der Waals surface area contributed by atoms with E-state index < -0.39 is 6.10 Å². The standard InChI is InChI=1S/C26H29N3O5/c1-2-20(30)16-28-15-18-5-6-19(13-22(18)25(28)31)29-11-9-23(26(29)32)34-21-7-8-24(27-14-21)33-12-10-17-3-4-17/h5-8,13-14,17,23H,2-4,9-12,15-16H2,1H3/t23-/m1/s1. The lowest BCUT2D eigenvalue weighted by atomic mass is 10.1. The van der Waals surface area contributed by atoms with Gasteiger partial charge in [-0.2, -0.15) is 0 Å². The van der Waals surface area contributed by atoms with E-state index in [0.29, 0.717) is 55.4 Å².